The van der Waals surface area contributed by atoms with E-state index in [2.05, 4.69) is 5.32 Å². The molecule has 0 heterocycles. The van der Waals surface area contributed by atoms with E-state index in [1.807, 2.05) is 67.6 Å². The van der Waals surface area contributed by atoms with Crippen LogP contribution in [0.2, 0.25) is 0 Å². The molecule has 1 N–H and O–H groups in total. The fourth-order valence-electron chi connectivity index (χ4n) is 2.94. The van der Waals surface area contributed by atoms with Crippen LogP contribution < -0.4 is 19.5 Å². The fraction of sp³-hybridized carbons (Fsp3) is 0.227. The molecule has 0 saturated heterocycles. The van der Waals surface area contributed by atoms with Gasteiger partial charge in [0.25, 0.3) is 5.91 Å². The number of hydrogen-bond acceptors (Lipinski definition) is 4. The Bertz CT molecular complexity index is 938. The number of carbonyl (C=O) groups is 1. The molecule has 0 aliphatic carbocycles. The molecule has 0 aromatic heterocycles. The number of benzene rings is 3. The van der Waals surface area contributed by atoms with Crippen LogP contribution in [0, 0.1) is 0 Å². The molecule has 0 aliphatic rings. The lowest BCUT2D eigenvalue weighted by molar-refractivity contribution is -0.123. The van der Waals surface area contributed by atoms with Crippen LogP contribution in [-0.4, -0.2) is 26.7 Å². The minimum atomic E-state index is -0.247. The predicted octanol–water partition coefficient (Wildman–Crippen LogP) is 4.11. The Morgan fingerprint density at radius 2 is 1.67 bits per heavy atom. The predicted molar refractivity (Wildman–Crippen MR) is 106 cm³/mol. The summed E-state index contributed by atoms with van der Waals surface area (Å²) in [4.78, 5) is 12.3. The summed E-state index contributed by atoms with van der Waals surface area (Å²) < 4.78 is 16.3. The van der Waals surface area contributed by atoms with Gasteiger partial charge in [0, 0.05) is 5.56 Å². The quantitative estimate of drug-likeness (QED) is 0.684. The summed E-state index contributed by atoms with van der Waals surface area (Å²) in [5, 5.41) is 5.14. The van der Waals surface area contributed by atoms with Crippen LogP contribution in [-0.2, 0) is 4.79 Å². The molecule has 0 fully saturated rings. The molecule has 0 saturated carbocycles. The number of ether oxygens (including phenoxy) is 3. The highest BCUT2D eigenvalue weighted by Gasteiger charge is 2.15. The summed E-state index contributed by atoms with van der Waals surface area (Å²) in [6.07, 6.45) is 0. The molecule has 3 aromatic rings. The number of carbonyl (C=O) groups excluding carboxylic acids is 1. The minimum absolute atomic E-state index is 0.0606. The Labute approximate surface area is 158 Å². The highest BCUT2D eigenvalue weighted by molar-refractivity contribution is 5.84. The second kappa shape index (κ2) is 8.45. The van der Waals surface area contributed by atoms with Crippen LogP contribution in [0.4, 0.5) is 0 Å². The van der Waals surface area contributed by atoms with Crippen molar-refractivity contribution in [1.29, 1.82) is 0 Å². The smallest absolute Gasteiger partial charge is 0.258 e. The van der Waals surface area contributed by atoms with Crippen molar-refractivity contribution in [3.05, 3.63) is 66.2 Å². The van der Waals surface area contributed by atoms with Gasteiger partial charge in [-0.2, -0.15) is 0 Å². The lowest BCUT2D eigenvalue weighted by atomic mass is 10.1. The molecule has 1 amide bonds. The first kappa shape index (κ1) is 18.6. The molecule has 3 aromatic carbocycles. The summed E-state index contributed by atoms with van der Waals surface area (Å²) >= 11 is 0. The molecule has 0 bridgehead atoms. The van der Waals surface area contributed by atoms with E-state index in [1.165, 1.54) is 0 Å². The summed E-state index contributed by atoms with van der Waals surface area (Å²) in [7, 11) is 3.20. The largest absolute Gasteiger partial charge is 0.497 e. The molecule has 5 heteroatoms. The van der Waals surface area contributed by atoms with E-state index in [9.17, 15) is 4.79 Å². The third-order valence-corrected chi connectivity index (χ3v) is 4.37. The van der Waals surface area contributed by atoms with E-state index < -0.39 is 0 Å². The van der Waals surface area contributed by atoms with Crippen molar-refractivity contribution in [2.45, 2.75) is 13.0 Å². The Balaban J connectivity index is 1.63. The summed E-state index contributed by atoms with van der Waals surface area (Å²) in [6, 6.07) is 19.0. The number of fused-ring (bicyclic) bond motifs is 1. The molecule has 1 atom stereocenters. The first-order valence-corrected chi connectivity index (χ1v) is 8.73. The summed E-state index contributed by atoms with van der Waals surface area (Å²) in [5.74, 6) is 1.86. The van der Waals surface area contributed by atoms with E-state index in [1.54, 1.807) is 14.2 Å². The first-order chi connectivity index (χ1) is 13.1. The van der Waals surface area contributed by atoms with Crippen molar-refractivity contribution >= 4 is 16.7 Å². The lowest BCUT2D eigenvalue weighted by Gasteiger charge is -2.18. The fourth-order valence-corrected chi connectivity index (χ4v) is 2.94. The molecule has 0 unspecified atom stereocenters. The maximum absolute atomic E-state index is 12.3. The van der Waals surface area contributed by atoms with Gasteiger partial charge in [0.15, 0.2) is 6.61 Å². The highest BCUT2D eigenvalue weighted by Crippen LogP contribution is 2.29. The molecule has 140 valence electrons. The van der Waals surface area contributed by atoms with Crippen LogP contribution >= 0.6 is 0 Å². The zero-order chi connectivity index (χ0) is 19.2. The van der Waals surface area contributed by atoms with Gasteiger partial charge in [0.05, 0.1) is 20.3 Å². The third kappa shape index (κ3) is 4.50. The summed E-state index contributed by atoms with van der Waals surface area (Å²) in [6.45, 7) is 1.83. The Kier molecular flexibility index (Phi) is 5.81. The van der Waals surface area contributed by atoms with Crippen LogP contribution in [0.15, 0.2) is 60.7 Å². The SMILES string of the molecule is COc1ccc(OC)c([C@H](C)NC(=O)COc2ccc3ccccc3c2)c1. The highest BCUT2D eigenvalue weighted by atomic mass is 16.5. The Hall–Kier alpha value is -3.21. The maximum atomic E-state index is 12.3. The maximum Gasteiger partial charge on any atom is 0.258 e. The van der Waals surface area contributed by atoms with E-state index in [0.29, 0.717) is 17.2 Å². The van der Waals surface area contributed by atoms with Gasteiger partial charge in [0.1, 0.15) is 17.2 Å². The third-order valence-electron chi connectivity index (χ3n) is 4.37. The van der Waals surface area contributed by atoms with Crippen molar-refractivity contribution < 1.29 is 19.0 Å². The number of amides is 1. The average molecular weight is 365 g/mol. The van der Waals surface area contributed by atoms with E-state index in [-0.39, 0.29) is 18.6 Å². The second-order valence-electron chi connectivity index (χ2n) is 6.19. The van der Waals surface area contributed by atoms with E-state index >= 15 is 0 Å². The second-order valence-corrected chi connectivity index (χ2v) is 6.19. The lowest BCUT2D eigenvalue weighted by Crippen LogP contribution is -2.31. The molecule has 5 nitrogen and oxygen atoms in total. The van der Waals surface area contributed by atoms with Gasteiger partial charge in [-0.3, -0.25) is 4.79 Å². The van der Waals surface area contributed by atoms with Crippen LogP contribution in [0.3, 0.4) is 0 Å². The molecular formula is C22H23NO4. The van der Waals surface area contributed by atoms with Crippen molar-refractivity contribution in [3.8, 4) is 17.2 Å². The molecule has 27 heavy (non-hydrogen) atoms. The summed E-state index contributed by atoms with van der Waals surface area (Å²) in [5.41, 5.74) is 0.843. The van der Waals surface area contributed by atoms with Gasteiger partial charge >= 0.3 is 0 Å². The monoisotopic (exact) mass is 365 g/mol. The van der Waals surface area contributed by atoms with Gasteiger partial charge in [-0.15, -0.1) is 0 Å². The first-order valence-electron chi connectivity index (χ1n) is 8.73. The molecule has 0 spiro atoms. The van der Waals surface area contributed by atoms with Gasteiger partial charge in [-0.05, 0) is 48.0 Å². The zero-order valence-corrected chi connectivity index (χ0v) is 15.7. The van der Waals surface area contributed by atoms with Gasteiger partial charge in [0.2, 0.25) is 0 Å². The van der Waals surface area contributed by atoms with Crippen LogP contribution in [0.1, 0.15) is 18.5 Å². The standard InChI is InChI=1S/C22H23NO4/c1-15(20-13-18(25-2)10-11-21(20)26-3)23-22(24)14-27-19-9-8-16-6-4-5-7-17(16)12-19/h4-13,15H,14H2,1-3H3,(H,23,24)/t15-/m0/s1. The van der Waals surface area contributed by atoms with Crippen molar-refractivity contribution in [2.75, 3.05) is 20.8 Å². The van der Waals surface area contributed by atoms with Crippen LogP contribution in [0.25, 0.3) is 10.8 Å². The van der Waals surface area contributed by atoms with E-state index in [4.69, 9.17) is 14.2 Å². The molecule has 0 radical (unpaired) electrons. The molecular weight excluding hydrogens is 342 g/mol. The van der Waals surface area contributed by atoms with Crippen molar-refractivity contribution in [1.82, 2.24) is 5.32 Å². The van der Waals surface area contributed by atoms with Gasteiger partial charge in [-0.1, -0.05) is 30.3 Å². The number of methoxy groups -OCH3 is 2. The van der Waals surface area contributed by atoms with E-state index in [0.717, 1.165) is 16.3 Å². The number of rotatable bonds is 7. The normalized spacial score (nSPS) is 11.7. The molecule has 0 aliphatic heterocycles. The minimum Gasteiger partial charge on any atom is -0.497 e. The van der Waals surface area contributed by atoms with Crippen molar-refractivity contribution in [3.63, 3.8) is 0 Å². The Morgan fingerprint density at radius 1 is 0.926 bits per heavy atom. The average Bonchev–Trinajstić information content (AvgIpc) is 2.71. The number of nitrogens with one attached hydrogen (secondary N) is 1. The number of hydrogen-bond donors (Lipinski definition) is 1. The Morgan fingerprint density at radius 3 is 2.41 bits per heavy atom. The molecule has 3 rings (SSSR count). The van der Waals surface area contributed by atoms with Crippen molar-refractivity contribution in [2.24, 2.45) is 0 Å². The zero-order valence-electron chi connectivity index (χ0n) is 15.7. The van der Waals surface area contributed by atoms with Crippen LogP contribution in [0.5, 0.6) is 17.2 Å². The van der Waals surface area contributed by atoms with Gasteiger partial charge < -0.3 is 19.5 Å². The van der Waals surface area contributed by atoms with Gasteiger partial charge in [-0.25, -0.2) is 0 Å². The topological polar surface area (TPSA) is 56.8 Å².